The number of Topliss-reactive ketones (excluding diaryl/α,β-unsaturated/α-hetero) is 1. The highest BCUT2D eigenvalue weighted by molar-refractivity contribution is 7.89. The lowest BCUT2D eigenvalue weighted by molar-refractivity contribution is -0.120. The Kier molecular flexibility index (Phi) is 6.76. The third-order valence-corrected chi connectivity index (χ3v) is 10.7. The van der Waals surface area contributed by atoms with Crippen LogP contribution in [0.1, 0.15) is 61.6 Å². The molecule has 3 aromatic carbocycles. The topological polar surface area (TPSA) is 72.9 Å². The highest BCUT2D eigenvalue weighted by Gasteiger charge is 2.50. The number of sulfonamides is 1. The van der Waals surface area contributed by atoms with E-state index in [4.69, 9.17) is 9.47 Å². The van der Waals surface area contributed by atoms with Gasteiger partial charge in [-0.25, -0.2) is 8.42 Å². The lowest BCUT2D eigenvalue weighted by Crippen LogP contribution is -2.38. The summed E-state index contributed by atoms with van der Waals surface area (Å²) < 4.78 is 39.1. The molecule has 0 aromatic heterocycles. The molecule has 0 radical (unpaired) electrons. The summed E-state index contributed by atoms with van der Waals surface area (Å²) in [4.78, 5) is 13.9. The summed E-state index contributed by atoms with van der Waals surface area (Å²) in [6, 6.07) is 19.2. The van der Waals surface area contributed by atoms with Gasteiger partial charge in [0.25, 0.3) is 0 Å². The summed E-state index contributed by atoms with van der Waals surface area (Å²) >= 11 is 0. The second-order valence-electron chi connectivity index (χ2n) is 11.2. The number of benzene rings is 3. The largest absolute Gasteiger partial charge is 0.454 e. The Morgan fingerprint density at radius 2 is 1.64 bits per heavy atom. The zero-order valence-electron chi connectivity index (χ0n) is 22.6. The molecule has 2 fully saturated rings. The van der Waals surface area contributed by atoms with E-state index in [2.05, 4.69) is 6.07 Å². The minimum absolute atomic E-state index is 0.0762. The first-order valence-corrected chi connectivity index (χ1v) is 15.3. The highest BCUT2D eigenvalue weighted by Crippen LogP contribution is 2.51. The zero-order valence-corrected chi connectivity index (χ0v) is 23.4. The lowest BCUT2D eigenvalue weighted by Gasteiger charge is -2.30. The van der Waals surface area contributed by atoms with Crippen molar-refractivity contribution in [2.45, 2.75) is 74.6 Å². The minimum atomic E-state index is -3.54. The van der Waals surface area contributed by atoms with Gasteiger partial charge in [-0.1, -0.05) is 55.7 Å². The molecule has 0 atom stereocenters. The van der Waals surface area contributed by atoms with Crippen molar-refractivity contribution in [3.63, 3.8) is 0 Å². The van der Waals surface area contributed by atoms with E-state index in [-0.39, 0.29) is 18.6 Å². The van der Waals surface area contributed by atoms with Crippen LogP contribution in [0.3, 0.4) is 0 Å². The van der Waals surface area contributed by atoms with Crippen LogP contribution in [0.25, 0.3) is 11.1 Å². The van der Waals surface area contributed by atoms with Gasteiger partial charge in [-0.05, 0) is 84.7 Å². The van der Waals surface area contributed by atoms with Crippen molar-refractivity contribution in [2.24, 2.45) is 0 Å². The molecule has 2 aliphatic carbocycles. The molecule has 1 aliphatic heterocycles. The Labute approximate surface area is 231 Å². The molecule has 7 heteroatoms. The van der Waals surface area contributed by atoms with E-state index in [0.29, 0.717) is 17.1 Å². The van der Waals surface area contributed by atoms with Gasteiger partial charge in [0, 0.05) is 19.5 Å². The van der Waals surface area contributed by atoms with E-state index in [9.17, 15) is 13.2 Å². The molecular formula is C32H35NO5S. The Morgan fingerprint density at radius 1 is 0.923 bits per heavy atom. The Hall–Kier alpha value is -3.16. The average Bonchev–Trinajstić information content (AvgIpc) is 3.64. The normalized spacial score (nSPS) is 18.3. The predicted molar refractivity (Wildman–Crippen MR) is 151 cm³/mol. The van der Waals surface area contributed by atoms with E-state index in [1.54, 1.807) is 23.5 Å². The van der Waals surface area contributed by atoms with Gasteiger partial charge in [0.2, 0.25) is 16.8 Å². The molecule has 0 unspecified atom stereocenters. The van der Waals surface area contributed by atoms with Crippen LogP contribution in [0.15, 0.2) is 65.6 Å². The summed E-state index contributed by atoms with van der Waals surface area (Å²) in [5.41, 5.74) is 4.54. The van der Waals surface area contributed by atoms with E-state index in [1.807, 2.05) is 49.4 Å². The second-order valence-corrected chi connectivity index (χ2v) is 13.2. The molecule has 0 N–H and O–H groups in total. The fourth-order valence-electron chi connectivity index (χ4n) is 6.11. The summed E-state index contributed by atoms with van der Waals surface area (Å²) in [7, 11) is -1.83. The van der Waals surface area contributed by atoms with E-state index < -0.39 is 15.4 Å². The molecule has 3 aliphatic rings. The van der Waals surface area contributed by atoms with Crippen LogP contribution in [0.4, 0.5) is 0 Å². The highest BCUT2D eigenvalue weighted by atomic mass is 32.2. The van der Waals surface area contributed by atoms with E-state index >= 15 is 0 Å². The lowest BCUT2D eigenvalue weighted by atomic mass is 9.87. The van der Waals surface area contributed by atoms with Crippen molar-refractivity contribution in [3.8, 4) is 22.6 Å². The molecule has 0 amide bonds. The first-order valence-electron chi connectivity index (χ1n) is 13.9. The number of aryl methyl sites for hydroxylation is 1. The molecule has 0 saturated heterocycles. The fraction of sp³-hybridized carbons (Fsp3) is 0.406. The van der Waals surface area contributed by atoms with Gasteiger partial charge in [-0.15, -0.1) is 0 Å². The Morgan fingerprint density at radius 3 is 2.36 bits per heavy atom. The monoisotopic (exact) mass is 545 g/mol. The van der Waals surface area contributed by atoms with Gasteiger partial charge < -0.3 is 9.47 Å². The van der Waals surface area contributed by atoms with Crippen LogP contribution in [0.2, 0.25) is 0 Å². The van der Waals surface area contributed by atoms with Crippen molar-refractivity contribution in [1.82, 2.24) is 4.31 Å². The third-order valence-electron chi connectivity index (χ3n) is 8.81. The van der Waals surface area contributed by atoms with Crippen LogP contribution in [0, 0.1) is 6.92 Å². The van der Waals surface area contributed by atoms with Gasteiger partial charge in [-0.2, -0.15) is 4.31 Å². The minimum Gasteiger partial charge on any atom is -0.454 e. The van der Waals surface area contributed by atoms with Crippen LogP contribution in [-0.4, -0.2) is 38.4 Å². The molecule has 2 saturated carbocycles. The van der Waals surface area contributed by atoms with Crippen molar-refractivity contribution < 1.29 is 22.7 Å². The number of ketones is 1. The van der Waals surface area contributed by atoms with E-state index in [0.717, 1.165) is 72.1 Å². The smallest absolute Gasteiger partial charge is 0.243 e. The zero-order chi connectivity index (χ0) is 27.2. The number of rotatable bonds is 8. The standard InChI is InChI=1S/C32H35NO5S/c1-22-8-9-23(19-31(34)32(16-17-32)25-12-15-29-30(20-25)38-21-37-29)18-28(22)24-10-13-27(14-11-24)39(35,36)33(2)26-6-4-3-5-7-26/h8-15,18,20,26H,3-7,16-17,19,21H2,1-2H3. The maximum atomic E-state index is 13.5. The van der Waals surface area contributed by atoms with Gasteiger partial charge in [0.15, 0.2) is 11.5 Å². The Bertz CT molecular complexity index is 1500. The Balaban J connectivity index is 1.20. The molecule has 6 nitrogen and oxygen atoms in total. The number of ether oxygens (including phenoxy) is 2. The maximum Gasteiger partial charge on any atom is 0.243 e. The first kappa shape index (κ1) is 26.1. The second kappa shape index (κ2) is 10.1. The van der Waals surface area contributed by atoms with Crippen molar-refractivity contribution >= 4 is 15.8 Å². The maximum absolute atomic E-state index is 13.5. The van der Waals surface area contributed by atoms with Gasteiger partial charge in [-0.3, -0.25) is 4.79 Å². The SMILES string of the molecule is Cc1ccc(CC(=O)C2(c3ccc4c(c3)OCO4)CC2)cc1-c1ccc(S(=O)(=O)N(C)C2CCCCC2)cc1. The molecule has 1 heterocycles. The van der Waals surface area contributed by atoms with Crippen LogP contribution < -0.4 is 9.47 Å². The van der Waals surface area contributed by atoms with Crippen LogP contribution >= 0.6 is 0 Å². The quantitative estimate of drug-likeness (QED) is 0.338. The molecule has 0 bridgehead atoms. The molecule has 6 rings (SSSR count). The van der Waals surface area contributed by atoms with Gasteiger partial charge in [0.1, 0.15) is 5.78 Å². The molecule has 3 aromatic rings. The van der Waals surface area contributed by atoms with Crippen molar-refractivity contribution in [1.29, 1.82) is 0 Å². The molecule has 204 valence electrons. The summed E-state index contributed by atoms with van der Waals surface area (Å²) in [6.45, 7) is 2.26. The number of nitrogens with zero attached hydrogens (tertiary/aromatic N) is 1. The van der Waals surface area contributed by atoms with Crippen LogP contribution in [-0.2, 0) is 26.7 Å². The molecular weight excluding hydrogens is 510 g/mol. The number of carbonyl (C=O) groups is 1. The summed E-state index contributed by atoms with van der Waals surface area (Å²) in [5.74, 6) is 1.65. The van der Waals surface area contributed by atoms with Gasteiger partial charge in [0.05, 0.1) is 10.3 Å². The van der Waals surface area contributed by atoms with Crippen LogP contribution in [0.5, 0.6) is 11.5 Å². The fourth-order valence-corrected chi connectivity index (χ4v) is 7.52. The number of hydrogen-bond acceptors (Lipinski definition) is 5. The van der Waals surface area contributed by atoms with Gasteiger partial charge >= 0.3 is 0 Å². The van der Waals surface area contributed by atoms with Crippen molar-refractivity contribution in [2.75, 3.05) is 13.8 Å². The molecule has 0 spiro atoms. The first-order chi connectivity index (χ1) is 18.8. The number of hydrogen-bond donors (Lipinski definition) is 0. The predicted octanol–water partition coefficient (Wildman–Crippen LogP) is 6.19. The summed E-state index contributed by atoms with van der Waals surface area (Å²) in [6.07, 6.45) is 7.23. The average molecular weight is 546 g/mol. The number of carbonyl (C=O) groups excluding carboxylic acids is 1. The number of fused-ring (bicyclic) bond motifs is 1. The van der Waals surface area contributed by atoms with Crippen molar-refractivity contribution in [3.05, 3.63) is 77.4 Å². The summed E-state index contributed by atoms with van der Waals surface area (Å²) in [5, 5.41) is 0. The third kappa shape index (κ3) is 4.87. The van der Waals surface area contributed by atoms with E-state index in [1.165, 1.54) is 6.42 Å². The molecule has 39 heavy (non-hydrogen) atoms.